The van der Waals surface area contributed by atoms with Crippen LogP contribution in [0.15, 0.2) is 0 Å². The van der Waals surface area contributed by atoms with Crippen molar-refractivity contribution in [2.75, 3.05) is 25.6 Å². The Morgan fingerprint density at radius 3 is 2.44 bits per heavy atom. The van der Waals surface area contributed by atoms with Gasteiger partial charge in [0.1, 0.15) is 0 Å². The van der Waals surface area contributed by atoms with Crippen molar-refractivity contribution in [3.05, 3.63) is 0 Å². The normalized spacial score (nSPS) is 26.8. The van der Waals surface area contributed by atoms with E-state index in [0.717, 1.165) is 38.4 Å². The van der Waals surface area contributed by atoms with Crippen LogP contribution in [0, 0.1) is 5.41 Å². The first-order chi connectivity index (χ1) is 7.85. The van der Waals surface area contributed by atoms with Crippen molar-refractivity contribution in [3.63, 3.8) is 0 Å². The molecular weight excluding hydrogens is 220 g/mol. The highest BCUT2D eigenvalue weighted by atomic mass is 32.1. The lowest BCUT2D eigenvalue weighted by atomic mass is 9.83. The zero-order valence-electron chi connectivity index (χ0n) is 10.1. The zero-order valence-corrected chi connectivity index (χ0v) is 11.0. The highest BCUT2D eigenvalue weighted by Crippen LogP contribution is 2.33. The molecule has 1 aliphatic heterocycles. The second-order valence-corrected chi connectivity index (χ2v) is 5.66. The van der Waals surface area contributed by atoms with Crippen molar-refractivity contribution in [1.29, 1.82) is 0 Å². The van der Waals surface area contributed by atoms with Gasteiger partial charge in [-0.2, -0.15) is 12.6 Å². The van der Waals surface area contributed by atoms with Crippen molar-refractivity contribution in [1.82, 2.24) is 0 Å². The van der Waals surface area contributed by atoms with Crippen LogP contribution in [0.25, 0.3) is 0 Å². The van der Waals surface area contributed by atoms with Crippen LogP contribution in [-0.4, -0.2) is 31.7 Å². The molecule has 16 heavy (non-hydrogen) atoms. The summed E-state index contributed by atoms with van der Waals surface area (Å²) >= 11 is 4.51. The summed E-state index contributed by atoms with van der Waals surface area (Å²) in [6.07, 6.45) is 9.37. The Balaban J connectivity index is 1.77. The number of rotatable bonds is 4. The van der Waals surface area contributed by atoms with Crippen molar-refractivity contribution >= 4 is 12.6 Å². The van der Waals surface area contributed by atoms with Crippen LogP contribution in [0.4, 0.5) is 0 Å². The largest absolute Gasteiger partial charge is 0.381 e. The molecule has 1 saturated heterocycles. The SMILES string of the molecule is SCC1(COC2CCCCC2)CCOCC1. The first-order valence-corrected chi connectivity index (χ1v) is 7.28. The van der Waals surface area contributed by atoms with Gasteiger partial charge in [-0.05, 0) is 31.4 Å². The quantitative estimate of drug-likeness (QED) is 0.766. The third-order valence-corrected chi connectivity index (χ3v) is 4.74. The number of hydrogen-bond acceptors (Lipinski definition) is 3. The van der Waals surface area contributed by atoms with Crippen molar-refractivity contribution in [2.45, 2.75) is 51.0 Å². The molecule has 0 spiro atoms. The maximum absolute atomic E-state index is 6.11. The van der Waals surface area contributed by atoms with Gasteiger partial charge in [-0.15, -0.1) is 0 Å². The van der Waals surface area contributed by atoms with E-state index in [4.69, 9.17) is 9.47 Å². The molecule has 3 heteroatoms. The van der Waals surface area contributed by atoms with Gasteiger partial charge >= 0.3 is 0 Å². The van der Waals surface area contributed by atoms with Crippen molar-refractivity contribution < 1.29 is 9.47 Å². The maximum Gasteiger partial charge on any atom is 0.0575 e. The van der Waals surface area contributed by atoms with Crippen LogP contribution >= 0.6 is 12.6 Å². The predicted molar refractivity (Wildman–Crippen MR) is 69.2 cm³/mol. The molecule has 2 nitrogen and oxygen atoms in total. The lowest BCUT2D eigenvalue weighted by Gasteiger charge is -2.37. The second-order valence-electron chi connectivity index (χ2n) is 5.34. The minimum absolute atomic E-state index is 0.290. The minimum Gasteiger partial charge on any atom is -0.381 e. The summed E-state index contributed by atoms with van der Waals surface area (Å²) < 4.78 is 11.5. The predicted octanol–water partition coefficient (Wildman–Crippen LogP) is 3.06. The molecule has 94 valence electrons. The molecule has 2 aliphatic rings. The molecule has 1 saturated carbocycles. The van der Waals surface area contributed by atoms with E-state index in [0.29, 0.717) is 11.5 Å². The fourth-order valence-electron chi connectivity index (χ4n) is 2.68. The van der Waals surface area contributed by atoms with Gasteiger partial charge in [0.2, 0.25) is 0 Å². The summed E-state index contributed by atoms with van der Waals surface area (Å²) in [5, 5.41) is 0. The third kappa shape index (κ3) is 3.38. The van der Waals surface area contributed by atoms with Gasteiger partial charge in [-0.1, -0.05) is 19.3 Å². The fourth-order valence-corrected chi connectivity index (χ4v) is 3.09. The fraction of sp³-hybridized carbons (Fsp3) is 1.00. The standard InChI is InChI=1S/C13H24O2S/c16-11-13(6-8-14-9-7-13)10-15-12-4-2-1-3-5-12/h12,16H,1-11H2. The third-order valence-electron chi connectivity index (χ3n) is 4.07. The summed E-state index contributed by atoms with van der Waals surface area (Å²) in [4.78, 5) is 0. The van der Waals surface area contributed by atoms with E-state index in [1.807, 2.05) is 0 Å². The molecule has 0 amide bonds. The minimum atomic E-state index is 0.290. The second kappa shape index (κ2) is 6.27. The van der Waals surface area contributed by atoms with Crippen LogP contribution in [0.1, 0.15) is 44.9 Å². The summed E-state index contributed by atoms with van der Waals surface area (Å²) in [5.74, 6) is 0.934. The molecule has 0 aromatic carbocycles. The lowest BCUT2D eigenvalue weighted by molar-refractivity contribution is -0.0605. The van der Waals surface area contributed by atoms with Gasteiger partial charge in [-0.3, -0.25) is 0 Å². The molecule has 0 radical (unpaired) electrons. The summed E-state index contributed by atoms with van der Waals surface area (Å²) in [7, 11) is 0. The van der Waals surface area contributed by atoms with Gasteiger partial charge < -0.3 is 9.47 Å². The van der Waals surface area contributed by atoms with E-state index in [-0.39, 0.29) is 0 Å². The molecule has 2 rings (SSSR count). The molecule has 0 N–H and O–H groups in total. The van der Waals surface area contributed by atoms with E-state index in [1.54, 1.807) is 0 Å². The number of ether oxygens (including phenoxy) is 2. The monoisotopic (exact) mass is 244 g/mol. The van der Waals surface area contributed by atoms with Crippen molar-refractivity contribution in [2.24, 2.45) is 5.41 Å². The molecule has 2 fully saturated rings. The van der Waals surface area contributed by atoms with Crippen molar-refractivity contribution in [3.8, 4) is 0 Å². The molecule has 1 heterocycles. The Hall–Kier alpha value is 0.270. The Morgan fingerprint density at radius 1 is 1.12 bits per heavy atom. The van der Waals surface area contributed by atoms with Crippen LogP contribution in [-0.2, 0) is 9.47 Å². The molecule has 0 atom stereocenters. The van der Waals surface area contributed by atoms with Gasteiger partial charge in [0.05, 0.1) is 12.7 Å². The average Bonchev–Trinajstić information content (AvgIpc) is 2.39. The highest BCUT2D eigenvalue weighted by molar-refractivity contribution is 7.80. The first kappa shape index (κ1) is 12.7. The van der Waals surface area contributed by atoms with E-state index < -0.39 is 0 Å². The zero-order chi connectivity index (χ0) is 11.3. The van der Waals surface area contributed by atoms with Gasteiger partial charge in [-0.25, -0.2) is 0 Å². The molecule has 0 bridgehead atoms. The Kier molecular flexibility index (Phi) is 4.98. The molecular formula is C13H24O2S. The van der Waals surface area contributed by atoms with E-state index in [1.165, 1.54) is 32.1 Å². The van der Waals surface area contributed by atoms with Gasteiger partial charge in [0, 0.05) is 18.6 Å². The maximum atomic E-state index is 6.11. The topological polar surface area (TPSA) is 18.5 Å². The smallest absolute Gasteiger partial charge is 0.0575 e. The molecule has 0 aromatic rings. The first-order valence-electron chi connectivity index (χ1n) is 6.65. The van der Waals surface area contributed by atoms with Crippen LogP contribution in [0.2, 0.25) is 0 Å². The lowest BCUT2D eigenvalue weighted by Crippen LogP contribution is -2.37. The van der Waals surface area contributed by atoms with Crippen LogP contribution < -0.4 is 0 Å². The number of thiol groups is 1. The Labute approximate surface area is 104 Å². The Morgan fingerprint density at radius 2 is 1.81 bits per heavy atom. The van der Waals surface area contributed by atoms with Gasteiger partial charge in [0.25, 0.3) is 0 Å². The summed E-state index contributed by atoms with van der Waals surface area (Å²) in [6.45, 7) is 2.66. The highest BCUT2D eigenvalue weighted by Gasteiger charge is 2.32. The summed E-state index contributed by atoms with van der Waals surface area (Å²) in [6, 6.07) is 0. The Bertz CT molecular complexity index is 196. The van der Waals surface area contributed by atoms with E-state index in [2.05, 4.69) is 12.6 Å². The number of hydrogen-bond donors (Lipinski definition) is 1. The molecule has 0 aromatic heterocycles. The van der Waals surface area contributed by atoms with E-state index >= 15 is 0 Å². The van der Waals surface area contributed by atoms with Gasteiger partial charge in [0.15, 0.2) is 0 Å². The van der Waals surface area contributed by atoms with E-state index in [9.17, 15) is 0 Å². The van der Waals surface area contributed by atoms with Crippen LogP contribution in [0.5, 0.6) is 0 Å². The van der Waals surface area contributed by atoms with Crippen LogP contribution in [0.3, 0.4) is 0 Å². The summed E-state index contributed by atoms with van der Waals surface area (Å²) in [5.41, 5.74) is 0.290. The molecule has 0 unspecified atom stereocenters. The average molecular weight is 244 g/mol. The molecule has 1 aliphatic carbocycles.